The van der Waals surface area contributed by atoms with Crippen molar-refractivity contribution in [1.29, 1.82) is 0 Å². The van der Waals surface area contributed by atoms with Crippen molar-refractivity contribution in [3.05, 3.63) is 24.5 Å². The van der Waals surface area contributed by atoms with Crippen LogP contribution in [0.2, 0.25) is 0 Å². The molecule has 104 valence electrons. The number of amides is 1. The summed E-state index contributed by atoms with van der Waals surface area (Å²) in [6, 6.07) is 4.51. The minimum Gasteiger partial charge on any atom is -0.481 e. The van der Waals surface area contributed by atoms with Gasteiger partial charge in [-0.25, -0.2) is 0 Å². The van der Waals surface area contributed by atoms with Crippen molar-refractivity contribution < 1.29 is 14.7 Å². The van der Waals surface area contributed by atoms with Crippen molar-refractivity contribution in [2.45, 2.75) is 18.9 Å². The lowest BCUT2D eigenvalue weighted by atomic mass is 10.1. The van der Waals surface area contributed by atoms with Gasteiger partial charge in [-0.2, -0.15) is 0 Å². The van der Waals surface area contributed by atoms with Gasteiger partial charge in [0.1, 0.15) is 0 Å². The lowest BCUT2D eigenvalue weighted by Gasteiger charge is -2.32. The van der Waals surface area contributed by atoms with E-state index in [1.165, 1.54) is 11.8 Å². The Labute approximate surface area is 116 Å². The summed E-state index contributed by atoms with van der Waals surface area (Å²) in [5, 5.41) is 8.53. The summed E-state index contributed by atoms with van der Waals surface area (Å²) in [4.78, 5) is 24.1. The van der Waals surface area contributed by atoms with E-state index < -0.39 is 5.97 Å². The predicted octanol–water partition coefficient (Wildman–Crippen LogP) is 1.47. The first-order valence-corrected chi connectivity index (χ1v) is 7.52. The number of hydrogen-bond acceptors (Lipinski definition) is 3. The van der Waals surface area contributed by atoms with Gasteiger partial charge in [0, 0.05) is 31.5 Å². The molecule has 2 heterocycles. The Bertz CT molecular complexity index is 425. The van der Waals surface area contributed by atoms with E-state index in [0.717, 1.165) is 25.9 Å². The zero-order valence-electron chi connectivity index (χ0n) is 10.7. The molecule has 0 atom stereocenters. The van der Waals surface area contributed by atoms with Crippen molar-refractivity contribution in [2.75, 3.05) is 24.6 Å². The van der Waals surface area contributed by atoms with Gasteiger partial charge in [-0.3, -0.25) is 9.59 Å². The third kappa shape index (κ3) is 4.02. The van der Waals surface area contributed by atoms with Gasteiger partial charge in [0.15, 0.2) is 0 Å². The van der Waals surface area contributed by atoms with Crippen molar-refractivity contribution in [1.82, 2.24) is 9.47 Å². The topological polar surface area (TPSA) is 62.5 Å². The monoisotopic (exact) mass is 282 g/mol. The Kier molecular flexibility index (Phi) is 4.90. The average molecular weight is 282 g/mol. The SMILES string of the molecule is O=C(O)CSCC(=O)N1CCC(n2cccc2)CC1. The van der Waals surface area contributed by atoms with Gasteiger partial charge in [0.05, 0.1) is 11.5 Å². The number of hydrogen-bond donors (Lipinski definition) is 1. The molecule has 0 saturated carbocycles. The molecule has 1 aromatic rings. The summed E-state index contributed by atoms with van der Waals surface area (Å²) in [5.41, 5.74) is 0. The lowest BCUT2D eigenvalue weighted by molar-refractivity contribution is -0.133. The number of carboxylic acids is 1. The van der Waals surface area contributed by atoms with Gasteiger partial charge >= 0.3 is 5.97 Å². The van der Waals surface area contributed by atoms with Crippen LogP contribution >= 0.6 is 11.8 Å². The van der Waals surface area contributed by atoms with Crippen LogP contribution in [0, 0.1) is 0 Å². The zero-order chi connectivity index (χ0) is 13.7. The van der Waals surface area contributed by atoms with Crippen molar-refractivity contribution in [2.24, 2.45) is 0 Å². The maximum Gasteiger partial charge on any atom is 0.313 e. The number of rotatable bonds is 5. The summed E-state index contributed by atoms with van der Waals surface area (Å²) < 4.78 is 2.20. The largest absolute Gasteiger partial charge is 0.481 e. The first-order valence-electron chi connectivity index (χ1n) is 6.36. The van der Waals surface area contributed by atoms with E-state index in [1.54, 1.807) is 0 Å². The molecule has 1 amide bonds. The van der Waals surface area contributed by atoms with Gasteiger partial charge in [0.2, 0.25) is 5.91 Å². The zero-order valence-corrected chi connectivity index (χ0v) is 11.5. The highest BCUT2D eigenvalue weighted by molar-refractivity contribution is 8.00. The van der Waals surface area contributed by atoms with Gasteiger partial charge in [-0.1, -0.05) is 0 Å². The van der Waals surface area contributed by atoms with E-state index in [9.17, 15) is 9.59 Å². The number of carboxylic acid groups (broad SMARTS) is 1. The number of aliphatic carboxylic acids is 1. The number of carbonyl (C=O) groups is 2. The third-order valence-electron chi connectivity index (χ3n) is 3.32. The molecule has 0 radical (unpaired) electrons. The van der Waals surface area contributed by atoms with Gasteiger partial charge in [-0.15, -0.1) is 11.8 Å². The molecule has 0 spiro atoms. The number of likely N-dealkylation sites (tertiary alicyclic amines) is 1. The molecule has 1 aliphatic heterocycles. The normalized spacial score (nSPS) is 16.5. The lowest BCUT2D eigenvalue weighted by Crippen LogP contribution is -2.40. The minimum absolute atomic E-state index is 0.00836. The van der Waals surface area contributed by atoms with Crippen LogP contribution in [0.5, 0.6) is 0 Å². The van der Waals surface area contributed by atoms with Crippen molar-refractivity contribution in [3.63, 3.8) is 0 Å². The Morgan fingerprint density at radius 1 is 1.16 bits per heavy atom. The molecule has 1 N–H and O–H groups in total. The second kappa shape index (κ2) is 6.65. The number of piperidine rings is 1. The van der Waals surface area contributed by atoms with Gasteiger partial charge in [-0.05, 0) is 25.0 Å². The van der Waals surface area contributed by atoms with Gasteiger partial charge < -0.3 is 14.6 Å². The molecule has 0 aromatic carbocycles. The smallest absolute Gasteiger partial charge is 0.313 e. The third-order valence-corrected chi connectivity index (χ3v) is 4.22. The van der Waals surface area contributed by atoms with E-state index in [-0.39, 0.29) is 17.4 Å². The second-order valence-corrected chi connectivity index (χ2v) is 5.61. The fourth-order valence-corrected chi connectivity index (χ4v) is 2.96. The van der Waals surface area contributed by atoms with E-state index in [0.29, 0.717) is 6.04 Å². The first kappa shape index (κ1) is 14.0. The van der Waals surface area contributed by atoms with Crippen LogP contribution in [0.3, 0.4) is 0 Å². The number of nitrogens with zero attached hydrogens (tertiary/aromatic N) is 2. The highest BCUT2D eigenvalue weighted by Crippen LogP contribution is 2.22. The molecule has 1 aliphatic rings. The predicted molar refractivity (Wildman–Crippen MR) is 74.2 cm³/mol. The Morgan fingerprint density at radius 2 is 1.79 bits per heavy atom. The molecular formula is C13H18N2O3S. The summed E-state index contributed by atoms with van der Waals surface area (Å²) in [7, 11) is 0. The summed E-state index contributed by atoms with van der Waals surface area (Å²) in [6.07, 6.45) is 6.05. The average Bonchev–Trinajstić information content (AvgIpc) is 2.92. The van der Waals surface area contributed by atoms with E-state index in [2.05, 4.69) is 17.0 Å². The molecule has 1 aromatic heterocycles. The summed E-state index contributed by atoms with van der Waals surface area (Å²) in [5.74, 6) is -0.562. The van der Waals surface area contributed by atoms with Crippen LogP contribution < -0.4 is 0 Å². The number of aromatic nitrogens is 1. The second-order valence-electron chi connectivity index (χ2n) is 4.63. The van der Waals surface area contributed by atoms with Crippen molar-refractivity contribution >= 4 is 23.6 Å². The fraction of sp³-hybridized carbons (Fsp3) is 0.538. The maximum absolute atomic E-state index is 11.9. The summed E-state index contributed by atoms with van der Waals surface area (Å²) in [6.45, 7) is 1.52. The van der Waals surface area contributed by atoms with Crippen LogP contribution in [0.1, 0.15) is 18.9 Å². The molecular weight excluding hydrogens is 264 g/mol. The Hall–Kier alpha value is -1.43. The first-order chi connectivity index (χ1) is 9.16. The molecule has 0 bridgehead atoms. The molecule has 6 heteroatoms. The maximum atomic E-state index is 11.9. The Balaban J connectivity index is 1.73. The number of carbonyl (C=O) groups excluding carboxylic acids is 1. The highest BCUT2D eigenvalue weighted by Gasteiger charge is 2.23. The molecule has 1 fully saturated rings. The fourth-order valence-electron chi connectivity index (χ4n) is 2.32. The molecule has 19 heavy (non-hydrogen) atoms. The van der Waals surface area contributed by atoms with Crippen LogP contribution in [0.4, 0.5) is 0 Å². The van der Waals surface area contributed by atoms with Crippen LogP contribution in [0.25, 0.3) is 0 Å². The molecule has 0 unspecified atom stereocenters. The quantitative estimate of drug-likeness (QED) is 0.888. The molecule has 1 saturated heterocycles. The molecule has 2 rings (SSSR count). The van der Waals surface area contributed by atoms with E-state index >= 15 is 0 Å². The van der Waals surface area contributed by atoms with E-state index in [4.69, 9.17) is 5.11 Å². The van der Waals surface area contributed by atoms with Gasteiger partial charge in [0.25, 0.3) is 0 Å². The van der Waals surface area contributed by atoms with Crippen molar-refractivity contribution in [3.8, 4) is 0 Å². The van der Waals surface area contributed by atoms with Crippen LogP contribution in [-0.2, 0) is 9.59 Å². The number of thioether (sulfide) groups is 1. The molecule has 5 nitrogen and oxygen atoms in total. The highest BCUT2D eigenvalue weighted by atomic mass is 32.2. The van der Waals surface area contributed by atoms with E-state index in [1.807, 2.05) is 17.0 Å². The van der Waals surface area contributed by atoms with Crippen LogP contribution in [0.15, 0.2) is 24.5 Å². The molecule has 0 aliphatic carbocycles. The Morgan fingerprint density at radius 3 is 2.37 bits per heavy atom. The summed E-state index contributed by atoms with van der Waals surface area (Å²) >= 11 is 1.17. The standard InChI is InChI=1S/C13H18N2O3S/c16-12(9-19-10-13(17)18)15-7-3-11(4-8-15)14-5-1-2-6-14/h1-2,5-6,11H,3-4,7-10H2,(H,17,18). The van der Waals surface area contributed by atoms with Crippen LogP contribution in [-0.4, -0.2) is 51.0 Å². The minimum atomic E-state index is -0.871.